The van der Waals surface area contributed by atoms with Crippen molar-refractivity contribution in [2.75, 3.05) is 6.26 Å². The molecule has 172 valence electrons. The summed E-state index contributed by atoms with van der Waals surface area (Å²) in [6.07, 6.45) is -4.93. The summed E-state index contributed by atoms with van der Waals surface area (Å²) in [5, 5.41) is 4.71. The molecule has 0 atom stereocenters. The van der Waals surface area contributed by atoms with Crippen molar-refractivity contribution in [2.45, 2.75) is 18.9 Å². The summed E-state index contributed by atoms with van der Waals surface area (Å²) in [4.78, 5) is 16.3. The first kappa shape index (κ1) is 23.4. The Morgan fingerprint density at radius 3 is 2.45 bits per heavy atom. The Morgan fingerprint density at radius 1 is 1.06 bits per heavy atom. The minimum absolute atomic E-state index is 0.118. The fourth-order valence-corrected chi connectivity index (χ4v) is 4.69. The molecule has 1 aliphatic rings. The van der Waals surface area contributed by atoms with Crippen molar-refractivity contribution in [3.8, 4) is 0 Å². The Morgan fingerprint density at radius 2 is 1.82 bits per heavy atom. The summed E-state index contributed by atoms with van der Waals surface area (Å²) in [6, 6.07) is 6.59. The largest absolute Gasteiger partial charge is 0.416 e. The lowest BCUT2D eigenvalue weighted by Gasteiger charge is -2.16. The maximum absolute atomic E-state index is 13.4. The first-order chi connectivity index (χ1) is 15.5. The van der Waals surface area contributed by atoms with Gasteiger partial charge in [0.25, 0.3) is 5.91 Å². The van der Waals surface area contributed by atoms with E-state index in [0.29, 0.717) is 31.8 Å². The third kappa shape index (κ3) is 4.96. The Balaban J connectivity index is 1.65. The first-order valence-corrected chi connectivity index (χ1v) is 11.3. The molecule has 0 spiro atoms. The van der Waals surface area contributed by atoms with Gasteiger partial charge in [-0.15, -0.1) is 11.8 Å². The van der Waals surface area contributed by atoms with Crippen LogP contribution in [0.25, 0.3) is 17.0 Å². The molecule has 33 heavy (non-hydrogen) atoms. The molecule has 2 heterocycles. The number of rotatable bonds is 3. The summed E-state index contributed by atoms with van der Waals surface area (Å²) in [6.45, 7) is -0.365. The second kappa shape index (κ2) is 8.56. The second-order valence-corrected chi connectivity index (χ2v) is 9.07. The molecule has 3 aromatic rings. The van der Waals surface area contributed by atoms with Crippen LogP contribution < -0.4 is 0 Å². The van der Waals surface area contributed by atoms with Crippen LogP contribution in [0.3, 0.4) is 0 Å². The Hall–Kier alpha value is -2.73. The molecule has 1 aliphatic heterocycles. The molecule has 1 aromatic heterocycles. The van der Waals surface area contributed by atoms with E-state index in [4.69, 9.17) is 0 Å². The average molecular weight is 501 g/mol. The predicted octanol–water partition coefficient (Wildman–Crippen LogP) is 6.46. The van der Waals surface area contributed by atoms with Crippen LogP contribution in [0.2, 0.25) is 0 Å². The molecule has 0 aliphatic carbocycles. The quantitative estimate of drug-likeness (QED) is 0.306. The molecule has 4 rings (SSSR count). The number of amides is 1. The number of carbonyl (C=O) groups is 1. The zero-order valence-electron chi connectivity index (χ0n) is 16.7. The molecule has 0 unspecified atom stereocenters. The topological polar surface area (TPSA) is 47.2 Å². The third-order valence-corrected chi connectivity index (χ3v) is 6.77. The van der Waals surface area contributed by atoms with Crippen LogP contribution in [0.1, 0.15) is 22.3 Å². The van der Waals surface area contributed by atoms with Gasteiger partial charge >= 0.3 is 12.4 Å². The number of aromatic nitrogens is 2. The molecule has 2 aromatic carbocycles. The lowest BCUT2D eigenvalue weighted by molar-refractivity contribution is -0.143. The van der Waals surface area contributed by atoms with E-state index in [-0.39, 0.29) is 24.1 Å². The normalized spacial score (nSPS) is 16.2. The van der Waals surface area contributed by atoms with Gasteiger partial charge in [0.15, 0.2) is 0 Å². The molecule has 0 saturated heterocycles. The lowest BCUT2D eigenvalue weighted by Crippen LogP contribution is -2.15. The van der Waals surface area contributed by atoms with Gasteiger partial charge in [-0.3, -0.25) is 9.48 Å². The predicted molar refractivity (Wildman–Crippen MR) is 117 cm³/mol. The maximum Gasteiger partial charge on any atom is 0.416 e. The standard InChI is InChI=1S/C21H13F6N3OS2/c1-32-19-29-18(31)17(33-19)7-11-2-5-16-13(6-11)9-28-30(16)10-12-3-4-14(20(22,23)24)8-15(12)21(25,26)27/h2-9H,10H2,1H3. The highest BCUT2D eigenvalue weighted by Crippen LogP contribution is 2.38. The Labute approximate surface area is 191 Å². The number of benzene rings is 2. The smallest absolute Gasteiger partial charge is 0.266 e. The van der Waals surface area contributed by atoms with Crippen LogP contribution in [0.15, 0.2) is 52.5 Å². The summed E-state index contributed by atoms with van der Waals surface area (Å²) in [5.74, 6) is -0.345. The van der Waals surface area contributed by atoms with Gasteiger partial charge in [0.05, 0.1) is 34.3 Å². The molecule has 0 saturated carbocycles. The highest BCUT2D eigenvalue weighted by molar-refractivity contribution is 8.40. The highest BCUT2D eigenvalue weighted by atomic mass is 32.2. The molecule has 12 heteroatoms. The minimum Gasteiger partial charge on any atom is -0.266 e. The number of alkyl halides is 6. The molecule has 0 radical (unpaired) electrons. The number of fused-ring (bicyclic) bond motifs is 1. The van der Waals surface area contributed by atoms with Crippen molar-refractivity contribution >= 4 is 50.8 Å². The Kier molecular flexibility index (Phi) is 6.08. The Bertz CT molecular complexity index is 1310. The number of thioether (sulfide) groups is 2. The van der Waals surface area contributed by atoms with Gasteiger partial charge in [0, 0.05) is 5.39 Å². The molecule has 4 nitrogen and oxygen atoms in total. The van der Waals surface area contributed by atoms with Crippen LogP contribution in [0.5, 0.6) is 0 Å². The number of hydrogen-bond donors (Lipinski definition) is 0. The number of carbonyl (C=O) groups excluding carboxylic acids is 1. The van der Waals surface area contributed by atoms with Gasteiger partial charge in [-0.25, -0.2) is 0 Å². The summed E-state index contributed by atoms with van der Waals surface area (Å²) in [5.41, 5.74) is -1.88. The van der Waals surface area contributed by atoms with Crippen LogP contribution in [0.4, 0.5) is 26.3 Å². The van der Waals surface area contributed by atoms with Gasteiger partial charge < -0.3 is 0 Å². The molecule has 0 bridgehead atoms. The molecular weight excluding hydrogens is 488 g/mol. The van der Waals surface area contributed by atoms with Crippen molar-refractivity contribution in [3.63, 3.8) is 0 Å². The number of nitrogens with zero attached hydrogens (tertiary/aromatic N) is 3. The minimum atomic E-state index is -4.96. The van der Waals surface area contributed by atoms with Crippen LogP contribution in [0, 0.1) is 0 Å². The van der Waals surface area contributed by atoms with E-state index in [0.717, 1.165) is 6.07 Å². The molecule has 1 amide bonds. The van der Waals surface area contributed by atoms with Crippen LogP contribution >= 0.6 is 23.5 Å². The number of hydrogen-bond acceptors (Lipinski definition) is 4. The fraction of sp³-hybridized carbons (Fsp3) is 0.190. The van der Waals surface area contributed by atoms with E-state index in [1.54, 1.807) is 24.3 Å². The van der Waals surface area contributed by atoms with Gasteiger partial charge in [0.2, 0.25) is 0 Å². The SMILES string of the molecule is CSC1=NC(=O)C(=Cc2ccc3c(cnn3Cc3ccc(C(F)(F)F)cc3C(F)(F)F)c2)S1. The molecule has 0 fully saturated rings. The van der Waals surface area contributed by atoms with E-state index in [9.17, 15) is 31.1 Å². The van der Waals surface area contributed by atoms with Crippen molar-refractivity contribution in [1.29, 1.82) is 0 Å². The maximum atomic E-state index is 13.4. The monoisotopic (exact) mass is 501 g/mol. The van der Waals surface area contributed by atoms with Gasteiger partial charge in [0.1, 0.15) is 4.38 Å². The van der Waals surface area contributed by atoms with Gasteiger partial charge in [-0.1, -0.05) is 23.9 Å². The third-order valence-electron chi connectivity index (χ3n) is 4.80. The number of halogens is 6. The van der Waals surface area contributed by atoms with Crippen molar-refractivity contribution in [3.05, 3.63) is 69.8 Å². The summed E-state index contributed by atoms with van der Waals surface area (Å²) < 4.78 is 81.0. The fourth-order valence-electron chi connectivity index (χ4n) is 3.27. The van der Waals surface area contributed by atoms with E-state index in [1.165, 1.54) is 34.4 Å². The van der Waals surface area contributed by atoms with Crippen LogP contribution in [-0.4, -0.2) is 26.3 Å². The highest BCUT2D eigenvalue weighted by Gasteiger charge is 2.38. The lowest BCUT2D eigenvalue weighted by atomic mass is 10.0. The van der Waals surface area contributed by atoms with Gasteiger partial charge in [-0.05, 0) is 47.7 Å². The van der Waals surface area contributed by atoms with E-state index in [1.807, 2.05) is 6.26 Å². The van der Waals surface area contributed by atoms with Crippen molar-refractivity contribution in [1.82, 2.24) is 9.78 Å². The first-order valence-electron chi connectivity index (χ1n) is 9.25. The van der Waals surface area contributed by atoms with E-state index < -0.39 is 23.5 Å². The zero-order valence-corrected chi connectivity index (χ0v) is 18.3. The van der Waals surface area contributed by atoms with Gasteiger partial charge in [-0.2, -0.15) is 36.4 Å². The van der Waals surface area contributed by atoms with Crippen molar-refractivity contribution < 1.29 is 31.1 Å². The van der Waals surface area contributed by atoms with E-state index in [2.05, 4.69) is 10.1 Å². The zero-order chi connectivity index (χ0) is 24.0. The summed E-state index contributed by atoms with van der Waals surface area (Å²) >= 11 is 2.61. The average Bonchev–Trinajstić information content (AvgIpc) is 3.29. The molecular formula is C21H13F6N3OS2. The number of aliphatic imine (C=N–C) groups is 1. The van der Waals surface area contributed by atoms with Crippen LogP contribution in [-0.2, 0) is 23.7 Å². The van der Waals surface area contributed by atoms with Crippen molar-refractivity contribution in [2.24, 2.45) is 4.99 Å². The second-order valence-electron chi connectivity index (χ2n) is 6.99. The van der Waals surface area contributed by atoms with E-state index >= 15 is 0 Å². The molecule has 0 N–H and O–H groups in total. The summed E-state index contributed by atoms with van der Waals surface area (Å²) in [7, 11) is 0.